The van der Waals surface area contributed by atoms with Crippen molar-refractivity contribution >= 4 is 17.6 Å². The van der Waals surface area contributed by atoms with Gasteiger partial charge in [-0.05, 0) is 30.2 Å². The monoisotopic (exact) mass is 346 g/mol. The summed E-state index contributed by atoms with van der Waals surface area (Å²) in [6.07, 6.45) is 0. The molecular formula is C17H15FN2O5. The lowest BCUT2D eigenvalue weighted by molar-refractivity contribution is -0.385. The van der Waals surface area contributed by atoms with Gasteiger partial charge >= 0.3 is 5.97 Å². The molecule has 1 N–H and O–H groups in total. The van der Waals surface area contributed by atoms with Gasteiger partial charge in [-0.25, -0.2) is 9.18 Å². The van der Waals surface area contributed by atoms with Crippen LogP contribution in [0.15, 0.2) is 42.5 Å². The molecular weight excluding hydrogens is 331 g/mol. The number of carbonyl (C=O) groups is 2. The number of benzene rings is 2. The molecule has 7 nitrogen and oxygen atoms in total. The van der Waals surface area contributed by atoms with Crippen molar-refractivity contribution in [3.05, 3.63) is 75.1 Å². The Morgan fingerprint density at radius 1 is 1.24 bits per heavy atom. The molecule has 130 valence electrons. The number of nitrogens with zero attached hydrogens (tertiary/aromatic N) is 1. The number of nitro groups is 1. The molecule has 1 atom stereocenters. The van der Waals surface area contributed by atoms with Gasteiger partial charge in [-0.3, -0.25) is 14.9 Å². The van der Waals surface area contributed by atoms with E-state index < -0.39 is 28.7 Å². The normalized spacial score (nSPS) is 11.5. The second-order valence-corrected chi connectivity index (χ2v) is 5.21. The van der Waals surface area contributed by atoms with Crippen molar-refractivity contribution in [2.75, 3.05) is 7.11 Å². The predicted molar refractivity (Wildman–Crippen MR) is 86.5 cm³/mol. The topological polar surface area (TPSA) is 98.5 Å². The van der Waals surface area contributed by atoms with Crippen molar-refractivity contribution < 1.29 is 23.6 Å². The number of rotatable bonds is 5. The van der Waals surface area contributed by atoms with Gasteiger partial charge in [0.05, 0.1) is 12.0 Å². The Bertz CT molecular complexity index is 838. The van der Waals surface area contributed by atoms with E-state index >= 15 is 0 Å². The highest BCUT2D eigenvalue weighted by molar-refractivity contribution is 6.00. The first-order valence-electron chi connectivity index (χ1n) is 7.23. The summed E-state index contributed by atoms with van der Waals surface area (Å²) < 4.78 is 18.1. The van der Waals surface area contributed by atoms with Gasteiger partial charge in [0, 0.05) is 6.07 Å². The van der Waals surface area contributed by atoms with Crippen LogP contribution in [-0.4, -0.2) is 23.9 Å². The summed E-state index contributed by atoms with van der Waals surface area (Å²) in [5.74, 6) is -2.06. The van der Waals surface area contributed by atoms with Gasteiger partial charge in [0.15, 0.2) is 6.04 Å². The molecule has 0 fully saturated rings. The number of nitro benzene ring substituents is 1. The van der Waals surface area contributed by atoms with Crippen LogP contribution in [0, 0.1) is 22.9 Å². The summed E-state index contributed by atoms with van der Waals surface area (Å²) in [6, 6.07) is 8.03. The molecule has 1 amide bonds. The summed E-state index contributed by atoms with van der Waals surface area (Å²) in [5, 5.41) is 13.4. The molecule has 0 aliphatic rings. The summed E-state index contributed by atoms with van der Waals surface area (Å²) in [4.78, 5) is 34.8. The van der Waals surface area contributed by atoms with Gasteiger partial charge in [-0.1, -0.05) is 24.3 Å². The van der Waals surface area contributed by atoms with E-state index in [1.807, 2.05) is 0 Å². The fourth-order valence-corrected chi connectivity index (χ4v) is 2.28. The van der Waals surface area contributed by atoms with E-state index in [0.29, 0.717) is 5.56 Å². The maximum Gasteiger partial charge on any atom is 0.333 e. The Balaban J connectivity index is 2.38. The quantitative estimate of drug-likeness (QED) is 0.510. The van der Waals surface area contributed by atoms with Gasteiger partial charge in [0.25, 0.3) is 11.6 Å². The highest BCUT2D eigenvalue weighted by Gasteiger charge is 2.27. The smallest absolute Gasteiger partial charge is 0.333 e. The zero-order valence-electron chi connectivity index (χ0n) is 13.5. The summed E-state index contributed by atoms with van der Waals surface area (Å²) in [7, 11) is 1.14. The molecule has 0 saturated carbocycles. The zero-order valence-corrected chi connectivity index (χ0v) is 13.5. The van der Waals surface area contributed by atoms with Gasteiger partial charge in [-0.15, -0.1) is 0 Å². The second-order valence-electron chi connectivity index (χ2n) is 5.21. The molecule has 0 aromatic heterocycles. The standard InChI is InChI=1S/C17H15FN2O5/c1-10-9-11(7-8-13(10)18)15(17(22)25-2)19-16(21)12-5-3-4-6-14(12)20(23)24/h3-9,15H,1-2H3,(H,19,21)/t15-/m1/s1. The fraction of sp³-hybridized carbons (Fsp3) is 0.176. The maximum atomic E-state index is 13.4. The highest BCUT2D eigenvalue weighted by atomic mass is 19.1. The molecule has 0 aliphatic carbocycles. The van der Waals surface area contributed by atoms with Crippen LogP contribution in [0.1, 0.15) is 27.5 Å². The van der Waals surface area contributed by atoms with Crippen molar-refractivity contribution in [2.24, 2.45) is 0 Å². The van der Waals surface area contributed by atoms with Crippen LogP contribution < -0.4 is 5.32 Å². The largest absolute Gasteiger partial charge is 0.467 e. The van der Waals surface area contributed by atoms with Crippen LogP contribution in [-0.2, 0) is 9.53 Å². The Hall–Kier alpha value is -3.29. The molecule has 0 aliphatic heterocycles. The number of esters is 1. The molecule has 2 aromatic rings. The second kappa shape index (κ2) is 7.52. The first kappa shape index (κ1) is 18.1. The van der Waals surface area contributed by atoms with Crippen molar-refractivity contribution in [3.8, 4) is 0 Å². The van der Waals surface area contributed by atoms with E-state index in [2.05, 4.69) is 10.1 Å². The number of hydrogen-bond donors (Lipinski definition) is 1. The summed E-state index contributed by atoms with van der Waals surface area (Å²) in [5.41, 5.74) is 0.00293. The number of para-hydroxylation sites is 1. The van der Waals surface area contributed by atoms with E-state index in [1.54, 1.807) is 0 Å². The summed E-state index contributed by atoms with van der Waals surface area (Å²) in [6.45, 7) is 1.51. The Morgan fingerprint density at radius 3 is 2.52 bits per heavy atom. The van der Waals surface area contributed by atoms with Crippen LogP contribution in [0.4, 0.5) is 10.1 Å². The molecule has 0 saturated heterocycles. The average molecular weight is 346 g/mol. The minimum atomic E-state index is -1.23. The molecule has 25 heavy (non-hydrogen) atoms. The SMILES string of the molecule is COC(=O)[C@H](NC(=O)c1ccccc1[N+](=O)[O-])c1ccc(F)c(C)c1. The Kier molecular flexibility index (Phi) is 5.43. The number of ether oxygens (including phenoxy) is 1. The van der Waals surface area contributed by atoms with Crippen LogP contribution >= 0.6 is 0 Å². The predicted octanol–water partition coefficient (Wildman–Crippen LogP) is 2.69. The van der Waals surface area contributed by atoms with Crippen LogP contribution in [0.5, 0.6) is 0 Å². The lowest BCUT2D eigenvalue weighted by Gasteiger charge is -2.17. The van der Waals surface area contributed by atoms with Gasteiger partial charge in [0.1, 0.15) is 11.4 Å². The number of amides is 1. The number of halogens is 1. The maximum absolute atomic E-state index is 13.4. The van der Waals surface area contributed by atoms with Gasteiger partial charge < -0.3 is 10.1 Å². The van der Waals surface area contributed by atoms with E-state index in [4.69, 9.17) is 0 Å². The fourth-order valence-electron chi connectivity index (χ4n) is 2.28. The van der Waals surface area contributed by atoms with E-state index in [0.717, 1.165) is 13.2 Å². The molecule has 0 unspecified atom stereocenters. The number of aryl methyl sites for hydroxylation is 1. The van der Waals surface area contributed by atoms with E-state index in [1.165, 1.54) is 43.3 Å². The summed E-state index contributed by atoms with van der Waals surface area (Å²) >= 11 is 0. The van der Waals surface area contributed by atoms with Crippen molar-refractivity contribution in [3.63, 3.8) is 0 Å². The van der Waals surface area contributed by atoms with Crippen molar-refractivity contribution in [1.29, 1.82) is 0 Å². The molecule has 0 radical (unpaired) electrons. The number of hydrogen-bond acceptors (Lipinski definition) is 5. The van der Waals surface area contributed by atoms with Gasteiger partial charge in [0.2, 0.25) is 0 Å². The molecule has 2 rings (SSSR count). The third kappa shape index (κ3) is 3.97. The number of methoxy groups -OCH3 is 1. The van der Waals surface area contributed by atoms with E-state index in [9.17, 15) is 24.1 Å². The van der Waals surface area contributed by atoms with Gasteiger partial charge in [-0.2, -0.15) is 0 Å². The van der Waals surface area contributed by atoms with Crippen molar-refractivity contribution in [1.82, 2.24) is 5.32 Å². The van der Waals surface area contributed by atoms with Crippen LogP contribution in [0.25, 0.3) is 0 Å². The van der Waals surface area contributed by atoms with Crippen LogP contribution in [0.2, 0.25) is 0 Å². The molecule has 2 aromatic carbocycles. The molecule has 8 heteroatoms. The third-order valence-electron chi connectivity index (χ3n) is 3.57. The Morgan fingerprint density at radius 2 is 1.92 bits per heavy atom. The first-order chi connectivity index (χ1) is 11.8. The molecule has 0 heterocycles. The number of carbonyl (C=O) groups excluding carboxylic acids is 2. The highest BCUT2D eigenvalue weighted by Crippen LogP contribution is 2.22. The molecule has 0 spiro atoms. The number of nitrogens with one attached hydrogen (secondary N) is 1. The van der Waals surface area contributed by atoms with E-state index in [-0.39, 0.29) is 16.8 Å². The lowest BCUT2D eigenvalue weighted by Crippen LogP contribution is -2.35. The first-order valence-corrected chi connectivity index (χ1v) is 7.23. The third-order valence-corrected chi connectivity index (χ3v) is 3.57. The average Bonchev–Trinajstić information content (AvgIpc) is 2.61. The van der Waals surface area contributed by atoms with Crippen LogP contribution in [0.3, 0.4) is 0 Å². The van der Waals surface area contributed by atoms with Crippen molar-refractivity contribution in [2.45, 2.75) is 13.0 Å². The minimum absolute atomic E-state index is 0.194. The lowest BCUT2D eigenvalue weighted by atomic mass is 10.0. The Labute approximate surface area is 142 Å². The minimum Gasteiger partial charge on any atom is -0.467 e. The molecule has 0 bridgehead atoms. The zero-order chi connectivity index (χ0) is 18.6.